The summed E-state index contributed by atoms with van der Waals surface area (Å²) in [5, 5.41) is 9.54. The summed E-state index contributed by atoms with van der Waals surface area (Å²) >= 11 is 0. The van der Waals surface area contributed by atoms with Gasteiger partial charge in [-0.05, 0) is 24.1 Å². The number of ether oxygens (including phenoxy) is 1. The van der Waals surface area contributed by atoms with Gasteiger partial charge in [-0.2, -0.15) is 0 Å². The Morgan fingerprint density at radius 2 is 2.07 bits per heavy atom. The van der Waals surface area contributed by atoms with E-state index < -0.39 is 0 Å². The van der Waals surface area contributed by atoms with Gasteiger partial charge in [-0.3, -0.25) is 0 Å². The zero-order chi connectivity index (χ0) is 10.4. The third kappa shape index (κ3) is 2.89. The monoisotopic (exact) mass is 192 g/mol. The van der Waals surface area contributed by atoms with E-state index in [1.54, 1.807) is 6.08 Å². The summed E-state index contributed by atoms with van der Waals surface area (Å²) in [6, 6.07) is 7.48. The molecule has 0 aromatic heterocycles. The quantitative estimate of drug-likeness (QED) is 0.727. The molecule has 0 saturated carbocycles. The standard InChI is InChI=1S/C12H16O2/c1-3-9-14-11-7-5-10(6-8-11)12(13)4-2/h3,5-8,12-13H,1,4,9H2,2H3/t12-/m0/s1. The summed E-state index contributed by atoms with van der Waals surface area (Å²) in [5.74, 6) is 0.803. The van der Waals surface area contributed by atoms with Crippen LogP contribution in [0.15, 0.2) is 36.9 Å². The van der Waals surface area contributed by atoms with Crippen molar-refractivity contribution in [2.24, 2.45) is 0 Å². The second-order valence-electron chi connectivity index (χ2n) is 3.09. The number of hydrogen-bond donors (Lipinski definition) is 1. The fourth-order valence-electron chi connectivity index (χ4n) is 1.18. The molecule has 0 radical (unpaired) electrons. The van der Waals surface area contributed by atoms with E-state index in [1.165, 1.54) is 0 Å². The van der Waals surface area contributed by atoms with Crippen LogP contribution in [0.4, 0.5) is 0 Å². The fraction of sp³-hybridized carbons (Fsp3) is 0.333. The lowest BCUT2D eigenvalue weighted by Crippen LogP contribution is -1.96. The van der Waals surface area contributed by atoms with E-state index in [-0.39, 0.29) is 6.10 Å². The maximum absolute atomic E-state index is 9.54. The summed E-state index contributed by atoms with van der Waals surface area (Å²) in [7, 11) is 0. The molecule has 76 valence electrons. The lowest BCUT2D eigenvalue weighted by molar-refractivity contribution is 0.173. The van der Waals surface area contributed by atoms with Crippen LogP contribution >= 0.6 is 0 Å². The van der Waals surface area contributed by atoms with Gasteiger partial charge in [-0.15, -0.1) is 0 Å². The normalized spacial score (nSPS) is 12.1. The highest BCUT2D eigenvalue weighted by Crippen LogP contribution is 2.19. The Bertz CT molecular complexity index is 277. The molecule has 1 atom stereocenters. The number of aliphatic hydroxyl groups is 1. The highest BCUT2D eigenvalue weighted by atomic mass is 16.5. The summed E-state index contributed by atoms with van der Waals surface area (Å²) in [6.07, 6.45) is 2.06. The van der Waals surface area contributed by atoms with Crippen molar-refractivity contribution in [1.29, 1.82) is 0 Å². The van der Waals surface area contributed by atoms with Crippen molar-refractivity contribution < 1.29 is 9.84 Å². The molecule has 0 heterocycles. The van der Waals surface area contributed by atoms with E-state index >= 15 is 0 Å². The average molecular weight is 192 g/mol. The minimum Gasteiger partial charge on any atom is -0.490 e. The Morgan fingerprint density at radius 3 is 2.57 bits per heavy atom. The lowest BCUT2D eigenvalue weighted by Gasteiger charge is -2.09. The zero-order valence-corrected chi connectivity index (χ0v) is 8.44. The predicted octanol–water partition coefficient (Wildman–Crippen LogP) is 2.69. The first kappa shape index (κ1) is 10.8. The first-order valence-corrected chi connectivity index (χ1v) is 4.79. The van der Waals surface area contributed by atoms with Crippen LogP contribution in [-0.4, -0.2) is 11.7 Å². The Labute approximate surface area is 84.8 Å². The molecule has 0 aliphatic rings. The second-order valence-corrected chi connectivity index (χ2v) is 3.09. The molecule has 14 heavy (non-hydrogen) atoms. The fourth-order valence-corrected chi connectivity index (χ4v) is 1.18. The van der Waals surface area contributed by atoms with Crippen molar-refractivity contribution in [3.8, 4) is 5.75 Å². The zero-order valence-electron chi connectivity index (χ0n) is 8.44. The van der Waals surface area contributed by atoms with Gasteiger partial charge in [0.2, 0.25) is 0 Å². The van der Waals surface area contributed by atoms with E-state index in [1.807, 2.05) is 31.2 Å². The van der Waals surface area contributed by atoms with Gasteiger partial charge in [0.15, 0.2) is 0 Å². The van der Waals surface area contributed by atoms with Crippen LogP contribution in [0, 0.1) is 0 Å². The van der Waals surface area contributed by atoms with Crippen molar-refractivity contribution >= 4 is 0 Å². The SMILES string of the molecule is C=CCOc1ccc([C@@H](O)CC)cc1. The molecule has 0 unspecified atom stereocenters. The molecule has 0 fully saturated rings. The molecule has 2 nitrogen and oxygen atoms in total. The van der Waals surface area contributed by atoms with Crippen LogP contribution in [0.2, 0.25) is 0 Å². The van der Waals surface area contributed by atoms with E-state index in [2.05, 4.69) is 6.58 Å². The lowest BCUT2D eigenvalue weighted by atomic mass is 10.1. The topological polar surface area (TPSA) is 29.5 Å². The number of benzene rings is 1. The highest BCUT2D eigenvalue weighted by molar-refractivity contribution is 5.28. The minimum atomic E-state index is -0.372. The van der Waals surface area contributed by atoms with Gasteiger partial charge in [0, 0.05) is 0 Å². The van der Waals surface area contributed by atoms with Crippen molar-refractivity contribution in [2.45, 2.75) is 19.4 Å². The van der Waals surface area contributed by atoms with Crippen LogP contribution in [0.5, 0.6) is 5.75 Å². The molecule has 1 aromatic carbocycles. The summed E-state index contributed by atoms with van der Waals surface area (Å²) in [6.45, 7) is 6.03. The second kappa shape index (κ2) is 5.45. The molecular formula is C12H16O2. The van der Waals surface area contributed by atoms with Crippen molar-refractivity contribution in [3.63, 3.8) is 0 Å². The molecule has 0 aliphatic carbocycles. The van der Waals surface area contributed by atoms with Gasteiger partial charge in [-0.1, -0.05) is 31.7 Å². The third-order valence-corrected chi connectivity index (χ3v) is 2.02. The Morgan fingerprint density at radius 1 is 1.43 bits per heavy atom. The molecule has 0 aliphatic heterocycles. The number of hydrogen-bond acceptors (Lipinski definition) is 2. The molecule has 0 spiro atoms. The first-order valence-electron chi connectivity index (χ1n) is 4.79. The first-order chi connectivity index (χ1) is 6.77. The van der Waals surface area contributed by atoms with E-state index in [9.17, 15) is 5.11 Å². The molecule has 0 bridgehead atoms. The van der Waals surface area contributed by atoms with Crippen molar-refractivity contribution in [3.05, 3.63) is 42.5 Å². The van der Waals surface area contributed by atoms with Crippen LogP contribution in [0.3, 0.4) is 0 Å². The van der Waals surface area contributed by atoms with Crippen LogP contribution in [-0.2, 0) is 0 Å². The average Bonchev–Trinajstić information content (AvgIpc) is 2.26. The van der Waals surface area contributed by atoms with Crippen LogP contribution in [0.1, 0.15) is 25.0 Å². The molecule has 1 rings (SSSR count). The molecule has 0 saturated heterocycles. The summed E-state index contributed by atoms with van der Waals surface area (Å²) in [5.41, 5.74) is 0.929. The number of rotatable bonds is 5. The van der Waals surface area contributed by atoms with Gasteiger partial charge >= 0.3 is 0 Å². The van der Waals surface area contributed by atoms with E-state index in [4.69, 9.17) is 4.74 Å². The maximum Gasteiger partial charge on any atom is 0.119 e. The molecular weight excluding hydrogens is 176 g/mol. The Kier molecular flexibility index (Phi) is 4.20. The largest absolute Gasteiger partial charge is 0.490 e. The van der Waals surface area contributed by atoms with Gasteiger partial charge in [0.1, 0.15) is 12.4 Å². The highest BCUT2D eigenvalue weighted by Gasteiger charge is 2.03. The molecule has 1 N–H and O–H groups in total. The van der Waals surface area contributed by atoms with Gasteiger partial charge in [0.05, 0.1) is 6.10 Å². The van der Waals surface area contributed by atoms with Crippen molar-refractivity contribution in [1.82, 2.24) is 0 Å². The van der Waals surface area contributed by atoms with Gasteiger partial charge in [-0.25, -0.2) is 0 Å². The minimum absolute atomic E-state index is 0.372. The smallest absolute Gasteiger partial charge is 0.119 e. The Balaban J connectivity index is 2.63. The van der Waals surface area contributed by atoms with Gasteiger partial charge < -0.3 is 9.84 Å². The third-order valence-electron chi connectivity index (χ3n) is 2.02. The maximum atomic E-state index is 9.54. The van der Waals surface area contributed by atoms with Crippen LogP contribution < -0.4 is 4.74 Å². The predicted molar refractivity (Wildman–Crippen MR) is 57.4 cm³/mol. The van der Waals surface area contributed by atoms with Crippen molar-refractivity contribution in [2.75, 3.05) is 6.61 Å². The van der Waals surface area contributed by atoms with Gasteiger partial charge in [0.25, 0.3) is 0 Å². The van der Waals surface area contributed by atoms with E-state index in [0.29, 0.717) is 6.61 Å². The van der Waals surface area contributed by atoms with Crippen LogP contribution in [0.25, 0.3) is 0 Å². The molecule has 2 heteroatoms. The molecule has 1 aromatic rings. The number of aliphatic hydroxyl groups excluding tert-OH is 1. The summed E-state index contributed by atoms with van der Waals surface area (Å²) in [4.78, 5) is 0. The summed E-state index contributed by atoms with van der Waals surface area (Å²) < 4.78 is 5.32. The Hall–Kier alpha value is -1.28. The molecule has 0 amide bonds. The van der Waals surface area contributed by atoms with E-state index in [0.717, 1.165) is 17.7 Å².